The second kappa shape index (κ2) is 13.3. The van der Waals surface area contributed by atoms with Crippen LogP contribution in [0.4, 0.5) is 4.39 Å². The molecule has 6 nitrogen and oxygen atoms in total. The lowest BCUT2D eigenvalue weighted by Gasteiger charge is -2.32. The highest BCUT2D eigenvalue weighted by Gasteiger charge is 2.29. The molecule has 1 heterocycles. The standard InChI is InChI=1S/C32H36FN3O3/c1-4-6-7-10-23-13-15-24(16-14-23)31(37)35(21-22-39-3)29(5-2)30-34-28-12-9-8-11-27(28)32(38)36(30)26-19-17-25(33)18-20-26/h8-9,11-20,29H,4-7,10,21-22H2,1-3H3. The van der Waals surface area contributed by atoms with E-state index in [-0.39, 0.29) is 11.5 Å². The van der Waals surface area contributed by atoms with Gasteiger partial charge in [0.2, 0.25) is 0 Å². The molecule has 3 aromatic carbocycles. The number of unbranched alkanes of at least 4 members (excludes halogenated alkanes) is 2. The molecule has 0 N–H and O–H groups in total. The van der Waals surface area contributed by atoms with Crippen molar-refractivity contribution in [2.24, 2.45) is 0 Å². The maximum atomic E-state index is 13.9. The van der Waals surface area contributed by atoms with Crippen molar-refractivity contribution in [3.63, 3.8) is 0 Å². The van der Waals surface area contributed by atoms with E-state index in [1.165, 1.54) is 28.7 Å². The van der Waals surface area contributed by atoms with Crippen LogP contribution in [0, 0.1) is 5.82 Å². The fourth-order valence-corrected chi connectivity index (χ4v) is 4.90. The van der Waals surface area contributed by atoms with Crippen molar-refractivity contribution < 1.29 is 13.9 Å². The van der Waals surface area contributed by atoms with E-state index in [0.29, 0.717) is 47.6 Å². The van der Waals surface area contributed by atoms with Crippen molar-refractivity contribution in [1.29, 1.82) is 0 Å². The van der Waals surface area contributed by atoms with Crippen LogP contribution >= 0.6 is 0 Å². The highest BCUT2D eigenvalue weighted by molar-refractivity contribution is 5.94. The quantitative estimate of drug-likeness (QED) is 0.197. The summed E-state index contributed by atoms with van der Waals surface area (Å²) in [6.45, 7) is 4.79. The number of ether oxygens (including phenoxy) is 1. The lowest BCUT2D eigenvalue weighted by Crippen LogP contribution is -2.40. The number of methoxy groups -OCH3 is 1. The number of halogens is 1. The molecule has 39 heavy (non-hydrogen) atoms. The predicted molar refractivity (Wildman–Crippen MR) is 153 cm³/mol. The molecule has 0 aliphatic carbocycles. The average molecular weight is 530 g/mol. The molecular weight excluding hydrogens is 493 g/mol. The zero-order valence-electron chi connectivity index (χ0n) is 22.9. The normalized spacial score (nSPS) is 12.0. The monoisotopic (exact) mass is 529 g/mol. The van der Waals surface area contributed by atoms with Gasteiger partial charge in [-0.1, -0.05) is 51.0 Å². The van der Waals surface area contributed by atoms with Crippen molar-refractivity contribution >= 4 is 16.8 Å². The fourth-order valence-electron chi connectivity index (χ4n) is 4.90. The number of hydrogen-bond donors (Lipinski definition) is 0. The molecule has 0 radical (unpaired) electrons. The molecule has 4 aromatic rings. The first-order valence-corrected chi connectivity index (χ1v) is 13.6. The number of amides is 1. The minimum atomic E-state index is -0.528. The van der Waals surface area contributed by atoms with E-state index in [4.69, 9.17) is 9.72 Å². The van der Waals surface area contributed by atoms with E-state index >= 15 is 0 Å². The number of hydrogen-bond acceptors (Lipinski definition) is 4. The van der Waals surface area contributed by atoms with Gasteiger partial charge in [-0.2, -0.15) is 0 Å². The van der Waals surface area contributed by atoms with E-state index in [1.807, 2.05) is 37.3 Å². The van der Waals surface area contributed by atoms with Crippen LogP contribution in [-0.4, -0.2) is 40.6 Å². The minimum Gasteiger partial charge on any atom is -0.383 e. The summed E-state index contributed by atoms with van der Waals surface area (Å²) in [4.78, 5) is 34.4. The van der Waals surface area contributed by atoms with Gasteiger partial charge in [-0.25, -0.2) is 9.37 Å². The molecule has 0 fully saturated rings. The minimum absolute atomic E-state index is 0.160. The number of para-hydroxylation sites is 1. The Morgan fingerprint density at radius 3 is 2.38 bits per heavy atom. The molecule has 1 aromatic heterocycles. The molecule has 0 bridgehead atoms. The molecule has 1 amide bonds. The van der Waals surface area contributed by atoms with Gasteiger partial charge >= 0.3 is 0 Å². The number of carbonyl (C=O) groups is 1. The van der Waals surface area contributed by atoms with E-state index < -0.39 is 11.9 Å². The summed E-state index contributed by atoms with van der Waals surface area (Å²) in [5, 5.41) is 0.453. The number of nitrogens with zero attached hydrogens (tertiary/aromatic N) is 3. The summed E-state index contributed by atoms with van der Waals surface area (Å²) >= 11 is 0. The summed E-state index contributed by atoms with van der Waals surface area (Å²) < 4.78 is 20.6. The van der Waals surface area contributed by atoms with Crippen LogP contribution in [0.1, 0.15) is 67.3 Å². The van der Waals surface area contributed by atoms with Crippen LogP contribution in [0.5, 0.6) is 0 Å². The van der Waals surface area contributed by atoms with Gasteiger partial charge in [0.15, 0.2) is 0 Å². The Balaban J connectivity index is 1.80. The van der Waals surface area contributed by atoms with Gasteiger partial charge in [-0.3, -0.25) is 14.2 Å². The molecule has 7 heteroatoms. The first-order valence-electron chi connectivity index (χ1n) is 13.6. The molecule has 204 valence electrons. The lowest BCUT2D eigenvalue weighted by atomic mass is 10.0. The second-order valence-corrected chi connectivity index (χ2v) is 9.67. The van der Waals surface area contributed by atoms with Crippen molar-refractivity contribution in [2.45, 2.75) is 52.0 Å². The number of carbonyl (C=O) groups excluding carboxylic acids is 1. The third-order valence-electron chi connectivity index (χ3n) is 7.01. The van der Waals surface area contributed by atoms with Crippen LogP contribution in [0.25, 0.3) is 16.6 Å². The third-order valence-corrected chi connectivity index (χ3v) is 7.01. The third kappa shape index (κ3) is 6.42. The second-order valence-electron chi connectivity index (χ2n) is 9.67. The molecule has 0 spiro atoms. The van der Waals surface area contributed by atoms with Gasteiger partial charge < -0.3 is 9.64 Å². The summed E-state index contributed by atoms with van der Waals surface area (Å²) in [5.41, 5.74) is 2.54. The molecule has 0 aliphatic heterocycles. The number of fused-ring (bicyclic) bond motifs is 1. The number of benzene rings is 3. The van der Waals surface area contributed by atoms with E-state index in [1.54, 1.807) is 42.3 Å². The van der Waals surface area contributed by atoms with E-state index in [2.05, 4.69) is 6.92 Å². The Kier molecular flexibility index (Phi) is 9.60. The fraction of sp³-hybridized carbons (Fsp3) is 0.344. The van der Waals surface area contributed by atoms with Crippen LogP contribution in [0.15, 0.2) is 77.6 Å². The summed E-state index contributed by atoms with van der Waals surface area (Å²) in [5.74, 6) is -0.135. The number of aryl methyl sites for hydroxylation is 1. The molecule has 4 rings (SSSR count). The van der Waals surface area contributed by atoms with Gasteiger partial charge in [0.25, 0.3) is 11.5 Å². The van der Waals surface area contributed by atoms with Crippen LogP contribution in [0.3, 0.4) is 0 Å². The Hall–Kier alpha value is -3.84. The Morgan fingerprint density at radius 2 is 1.72 bits per heavy atom. The van der Waals surface area contributed by atoms with Crippen LogP contribution in [-0.2, 0) is 11.2 Å². The molecule has 0 aliphatic rings. The van der Waals surface area contributed by atoms with E-state index in [0.717, 1.165) is 19.3 Å². The average Bonchev–Trinajstić information content (AvgIpc) is 2.96. The summed E-state index contributed by atoms with van der Waals surface area (Å²) in [6, 6.07) is 20.1. The first kappa shape index (κ1) is 28.2. The maximum absolute atomic E-state index is 13.9. The number of rotatable bonds is 12. The zero-order chi connectivity index (χ0) is 27.8. The van der Waals surface area contributed by atoms with Crippen LogP contribution < -0.4 is 5.56 Å². The Labute approximate surface area is 229 Å². The SMILES string of the molecule is CCCCCc1ccc(C(=O)N(CCOC)C(CC)c2nc3ccccc3c(=O)n2-c2ccc(F)cc2)cc1. The van der Waals surface area contributed by atoms with Gasteiger partial charge in [-0.15, -0.1) is 0 Å². The Bertz CT molecular complexity index is 1450. The largest absolute Gasteiger partial charge is 0.383 e. The molecule has 1 atom stereocenters. The highest BCUT2D eigenvalue weighted by Crippen LogP contribution is 2.28. The number of aromatic nitrogens is 2. The zero-order valence-corrected chi connectivity index (χ0v) is 22.9. The maximum Gasteiger partial charge on any atom is 0.266 e. The topological polar surface area (TPSA) is 64.4 Å². The molecule has 0 saturated heterocycles. The van der Waals surface area contributed by atoms with Crippen LogP contribution in [0.2, 0.25) is 0 Å². The summed E-state index contributed by atoms with van der Waals surface area (Å²) in [7, 11) is 1.59. The summed E-state index contributed by atoms with van der Waals surface area (Å²) in [6.07, 6.45) is 4.96. The van der Waals surface area contributed by atoms with Crippen molar-refractivity contribution in [3.05, 3.63) is 106 Å². The predicted octanol–water partition coefficient (Wildman–Crippen LogP) is 6.50. The Morgan fingerprint density at radius 1 is 1.00 bits per heavy atom. The first-order chi connectivity index (χ1) is 19.0. The molecule has 1 unspecified atom stereocenters. The lowest BCUT2D eigenvalue weighted by molar-refractivity contribution is 0.0579. The molecule has 0 saturated carbocycles. The van der Waals surface area contributed by atoms with Crippen molar-refractivity contribution in [1.82, 2.24) is 14.5 Å². The smallest absolute Gasteiger partial charge is 0.266 e. The highest BCUT2D eigenvalue weighted by atomic mass is 19.1. The van der Waals surface area contributed by atoms with E-state index in [9.17, 15) is 14.0 Å². The van der Waals surface area contributed by atoms with Gasteiger partial charge in [-0.05, 0) is 73.4 Å². The van der Waals surface area contributed by atoms with Crippen molar-refractivity contribution in [3.8, 4) is 5.69 Å². The van der Waals surface area contributed by atoms with Gasteiger partial charge in [0.05, 0.1) is 29.2 Å². The van der Waals surface area contributed by atoms with Gasteiger partial charge in [0, 0.05) is 19.2 Å². The van der Waals surface area contributed by atoms with Crippen molar-refractivity contribution in [2.75, 3.05) is 20.3 Å². The van der Waals surface area contributed by atoms with Gasteiger partial charge in [0.1, 0.15) is 11.6 Å². The molecular formula is C32H36FN3O3.